The highest BCUT2D eigenvalue weighted by Crippen LogP contribution is 2.35. The summed E-state index contributed by atoms with van der Waals surface area (Å²) in [5, 5.41) is 0.0580. The summed E-state index contributed by atoms with van der Waals surface area (Å²) in [6.07, 6.45) is 2.74. The highest BCUT2D eigenvalue weighted by Gasteiger charge is 2.42. The van der Waals surface area contributed by atoms with Crippen LogP contribution in [0.2, 0.25) is 0 Å². The van der Waals surface area contributed by atoms with Crippen molar-refractivity contribution < 1.29 is 14.3 Å². The Balaban J connectivity index is 2.02. The molecule has 144 valence electrons. The summed E-state index contributed by atoms with van der Waals surface area (Å²) in [7, 11) is 0. The van der Waals surface area contributed by atoms with E-state index in [-0.39, 0.29) is 17.3 Å². The molecule has 1 heterocycles. The van der Waals surface area contributed by atoms with Gasteiger partial charge in [-0.1, -0.05) is 45.4 Å². The second-order valence-electron chi connectivity index (χ2n) is 6.86. The van der Waals surface area contributed by atoms with E-state index in [0.717, 1.165) is 24.2 Å². The van der Waals surface area contributed by atoms with Gasteiger partial charge in [0.2, 0.25) is 5.91 Å². The molecule has 2 rings (SSSR count). The van der Waals surface area contributed by atoms with E-state index in [2.05, 4.69) is 20.8 Å². The number of carbonyl (C=O) groups excluding carboxylic acids is 2. The van der Waals surface area contributed by atoms with Crippen molar-refractivity contribution in [1.82, 2.24) is 4.90 Å². The topological polar surface area (TPSA) is 46.6 Å². The Kier molecular flexibility index (Phi) is 8.85. The molecule has 1 amide bonds. The predicted octanol–water partition coefficient (Wildman–Crippen LogP) is 4.44. The minimum absolute atomic E-state index is 0.0203. The average Bonchev–Trinajstić information content (AvgIpc) is 3.03. The van der Waals surface area contributed by atoms with E-state index < -0.39 is 6.04 Å². The normalized spacial score (nSPS) is 19.8. The summed E-state index contributed by atoms with van der Waals surface area (Å²) in [5.41, 5.74) is 0. The zero-order valence-electron chi connectivity index (χ0n) is 15.8. The first kappa shape index (κ1) is 21.2. The number of hydrogen-bond donors (Lipinski definition) is 0. The number of hydrogen-bond acceptors (Lipinski definition) is 5. The zero-order chi connectivity index (χ0) is 18.9. The second kappa shape index (κ2) is 10.9. The van der Waals surface area contributed by atoms with Crippen molar-refractivity contribution in [1.29, 1.82) is 0 Å². The van der Waals surface area contributed by atoms with Crippen LogP contribution in [0.4, 0.5) is 0 Å². The number of thioether (sulfide) groups is 2. The summed E-state index contributed by atoms with van der Waals surface area (Å²) in [4.78, 5) is 28.3. The zero-order valence-corrected chi connectivity index (χ0v) is 17.5. The molecule has 1 saturated heterocycles. The van der Waals surface area contributed by atoms with Gasteiger partial charge in [0.25, 0.3) is 0 Å². The second-order valence-corrected chi connectivity index (χ2v) is 9.12. The Labute approximate surface area is 165 Å². The summed E-state index contributed by atoms with van der Waals surface area (Å²) in [6.45, 7) is 6.80. The number of benzene rings is 1. The molecular formula is C20H29NO3S2. The van der Waals surface area contributed by atoms with Gasteiger partial charge in [0, 0.05) is 10.6 Å². The number of ether oxygens (including phenoxy) is 1. The highest BCUT2D eigenvalue weighted by atomic mass is 32.2. The quantitative estimate of drug-likeness (QED) is 0.351. The van der Waals surface area contributed by atoms with E-state index in [9.17, 15) is 9.59 Å². The van der Waals surface area contributed by atoms with Crippen LogP contribution in [0.1, 0.15) is 40.0 Å². The van der Waals surface area contributed by atoms with Gasteiger partial charge in [-0.25, -0.2) is 4.79 Å². The molecule has 0 aromatic heterocycles. The molecule has 2 atom stereocenters. The number of nitrogens with zero attached hydrogens (tertiary/aromatic N) is 1. The van der Waals surface area contributed by atoms with Crippen LogP contribution in [0.5, 0.6) is 0 Å². The minimum atomic E-state index is -0.454. The molecule has 0 saturated carbocycles. The van der Waals surface area contributed by atoms with Gasteiger partial charge in [-0.05, 0) is 30.9 Å². The maximum Gasteiger partial charge on any atom is 0.329 e. The first-order chi connectivity index (χ1) is 12.5. The third-order valence-corrected chi connectivity index (χ3v) is 6.48. The van der Waals surface area contributed by atoms with Crippen LogP contribution in [-0.2, 0) is 14.3 Å². The molecule has 2 unspecified atom stereocenters. The van der Waals surface area contributed by atoms with Crippen LogP contribution in [0.25, 0.3) is 0 Å². The van der Waals surface area contributed by atoms with Gasteiger partial charge in [0.1, 0.15) is 6.04 Å². The Morgan fingerprint density at radius 1 is 1.31 bits per heavy atom. The molecule has 1 fully saturated rings. The van der Waals surface area contributed by atoms with Crippen LogP contribution in [0.15, 0.2) is 35.2 Å². The molecule has 1 aromatic rings. The monoisotopic (exact) mass is 395 g/mol. The summed E-state index contributed by atoms with van der Waals surface area (Å²) >= 11 is 3.22. The summed E-state index contributed by atoms with van der Waals surface area (Å²) in [5.74, 6) is 1.21. The molecule has 0 radical (unpaired) electrons. The smallest absolute Gasteiger partial charge is 0.329 e. The van der Waals surface area contributed by atoms with E-state index in [1.807, 2.05) is 30.3 Å². The first-order valence-electron chi connectivity index (χ1n) is 9.30. The Hall–Kier alpha value is -1.14. The van der Waals surface area contributed by atoms with Gasteiger partial charge in [-0.2, -0.15) is 0 Å². The van der Waals surface area contributed by atoms with Crippen molar-refractivity contribution >= 4 is 35.4 Å². The van der Waals surface area contributed by atoms with Crippen molar-refractivity contribution in [3.05, 3.63) is 30.3 Å². The number of esters is 1. The summed E-state index contributed by atoms with van der Waals surface area (Å²) in [6, 6.07) is 9.44. The fourth-order valence-electron chi connectivity index (χ4n) is 2.81. The van der Waals surface area contributed by atoms with Crippen LogP contribution < -0.4 is 0 Å². The molecular weight excluding hydrogens is 366 g/mol. The Bertz CT molecular complexity index is 580. The van der Waals surface area contributed by atoms with Crippen LogP contribution in [0, 0.1) is 5.92 Å². The van der Waals surface area contributed by atoms with Crippen LogP contribution in [-0.4, -0.2) is 46.3 Å². The van der Waals surface area contributed by atoms with Crippen molar-refractivity contribution in [3.63, 3.8) is 0 Å². The van der Waals surface area contributed by atoms with E-state index in [0.29, 0.717) is 24.0 Å². The molecule has 0 N–H and O–H groups in total. The van der Waals surface area contributed by atoms with E-state index in [4.69, 9.17) is 4.74 Å². The van der Waals surface area contributed by atoms with Crippen molar-refractivity contribution in [2.75, 3.05) is 18.1 Å². The molecule has 0 spiro atoms. The number of carbonyl (C=O) groups is 2. The van der Waals surface area contributed by atoms with Gasteiger partial charge in [-0.15, -0.1) is 23.5 Å². The minimum Gasteiger partial charge on any atom is -0.464 e. The molecule has 1 aromatic carbocycles. The lowest BCUT2D eigenvalue weighted by Crippen LogP contribution is -2.47. The number of rotatable bonds is 9. The lowest BCUT2D eigenvalue weighted by molar-refractivity contribution is -0.153. The van der Waals surface area contributed by atoms with Crippen molar-refractivity contribution in [2.45, 2.75) is 56.3 Å². The number of unbranched alkanes of at least 4 members (excludes halogenated alkanes) is 1. The largest absolute Gasteiger partial charge is 0.464 e. The molecule has 0 aliphatic carbocycles. The van der Waals surface area contributed by atoms with Gasteiger partial charge in [-0.3, -0.25) is 4.79 Å². The molecule has 1 aliphatic rings. The molecule has 4 nitrogen and oxygen atoms in total. The molecule has 0 bridgehead atoms. The average molecular weight is 396 g/mol. The maximum atomic E-state index is 12.9. The predicted molar refractivity (Wildman–Crippen MR) is 109 cm³/mol. The SMILES string of the molecule is CCCCOC(=O)C1CSC(CC(C)C)N1C(=O)CSc1ccccc1. The van der Waals surface area contributed by atoms with Crippen molar-refractivity contribution in [3.8, 4) is 0 Å². The van der Waals surface area contributed by atoms with Crippen molar-refractivity contribution in [2.24, 2.45) is 5.92 Å². The lowest BCUT2D eigenvalue weighted by Gasteiger charge is -2.29. The third-order valence-electron chi connectivity index (χ3n) is 4.17. The van der Waals surface area contributed by atoms with E-state index in [1.165, 1.54) is 11.8 Å². The van der Waals surface area contributed by atoms with Crippen LogP contribution in [0.3, 0.4) is 0 Å². The third kappa shape index (κ3) is 6.23. The van der Waals surface area contributed by atoms with Crippen LogP contribution >= 0.6 is 23.5 Å². The molecule has 1 aliphatic heterocycles. The summed E-state index contributed by atoms with van der Waals surface area (Å²) < 4.78 is 5.41. The Morgan fingerprint density at radius 3 is 2.69 bits per heavy atom. The standard InChI is InChI=1S/C20H29NO3S2/c1-4-5-11-24-20(23)17-13-26-19(12-15(2)3)21(17)18(22)14-25-16-9-7-6-8-10-16/h6-10,15,17,19H,4-5,11-14H2,1-3H3. The van der Waals surface area contributed by atoms with Gasteiger partial charge in [0.15, 0.2) is 0 Å². The van der Waals surface area contributed by atoms with Gasteiger partial charge < -0.3 is 9.64 Å². The number of amides is 1. The van der Waals surface area contributed by atoms with Gasteiger partial charge >= 0.3 is 5.97 Å². The maximum absolute atomic E-state index is 12.9. The van der Waals surface area contributed by atoms with E-state index in [1.54, 1.807) is 16.7 Å². The Morgan fingerprint density at radius 2 is 2.04 bits per heavy atom. The first-order valence-corrected chi connectivity index (χ1v) is 11.3. The molecule has 26 heavy (non-hydrogen) atoms. The fraction of sp³-hybridized carbons (Fsp3) is 0.600. The lowest BCUT2D eigenvalue weighted by atomic mass is 10.1. The van der Waals surface area contributed by atoms with Gasteiger partial charge in [0.05, 0.1) is 17.7 Å². The molecule has 6 heteroatoms. The fourth-order valence-corrected chi connectivity index (χ4v) is 5.25. The van der Waals surface area contributed by atoms with E-state index >= 15 is 0 Å². The highest BCUT2D eigenvalue weighted by molar-refractivity contribution is 8.00.